The maximum atomic E-state index is 12.1. The first-order valence-electron chi connectivity index (χ1n) is 6.24. The van der Waals surface area contributed by atoms with E-state index < -0.39 is 10.0 Å². The van der Waals surface area contributed by atoms with Crippen molar-refractivity contribution in [1.29, 1.82) is 0 Å². The van der Waals surface area contributed by atoms with Crippen LogP contribution in [0.2, 0.25) is 5.28 Å². The number of halogens is 1. The van der Waals surface area contributed by atoms with Gasteiger partial charge in [-0.05, 0) is 43.2 Å². The number of hydrogen-bond acceptors (Lipinski definition) is 4. The van der Waals surface area contributed by atoms with Gasteiger partial charge in [-0.2, -0.15) is 0 Å². The van der Waals surface area contributed by atoms with Crippen molar-refractivity contribution in [2.45, 2.75) is 36.8 Å². The zero-order valence-corrected chi connectivity index (χ0v) is 12.3. The largest absolute Gasteiger partial charge is 0.396 e. The molecule has 0 atom stereocenters. The van der Waals surface area contributed by atoms with E-state index in [-0.39, 0.29) is 23.0 Å². The molecule has 0 aromatic carbocycles. The van der Waals surface area contributed by atoms with Crippen LogP contribution >= 0.6 is 11.6 Å². The van der Waals surface area contributed by atoms with Crippen LogP contribution < -0.4 is 4.72 Å². The highest BCUT2D eigenvalue weighted by atomic mass is 35.5. The molecule has 0 amide bonds. The van der Waals surface area contributed by atoms with E-state index in [9.17, 15) is 8.42 Å². The van der Waals surface area contributed by atoms with Gasteiger partial charge < -0.3 is 9.67 Å². The number of aryl methyl sites for hydroxylation is 1. The predicted molar refractivity (Wildman–Crippen MR) is 71.4 cm³/mol. The van der Waals surface area contributed by atoms with Gasteiger partial charge in [-0.15, -0.1) is 0 Å². The average molecular weight is 308 g/mol. The Bertz CT molecular complexity index is 516. The molecule has 19 heavy (non-hydrogen) atoms. The van der Waals surface area contributed by atoms with Gasteiger partial charge in [0.25, 0.3) is 10.0 Å². The quantitative estimate of drug-likeness (QED) is 0.865. The van der Waals surface area contributed by atoms with E-state index >= 15 is 0 Å². The number of rotatable bonds is 4. The Morgan fingerprint density at radius 3 is 2.58 bits per heavy atom. The lowest BCUT2D eigenvalue weighted by molar-refractivity contribution is 0.180. The van der Waals surface area contributed by atoms with Crippen LogP contribution in [0.15, 0.2) is 11.2 Å². The van der Waals surface area contributed by atoms with Gasteiger partial charge in [0.15, 0.2) is 5.03 Å². The van der Waals surface area contributed by atoms with Crippen LogP contribution in [0.5, 0.6) is 0 Å². The van der Waals surface area contributed by atoms with Crippen LogP contribution in [0, 0.1) is 5.92 Å². The summed E-state index contributed by atoms with van der Waals surface area (Å²) in [6.07, 6.45) is 4.55. The molecular weight excluding hydrogens is 290 g/mol. The van der Waals surface area contributed by atoms with Crippen LogP contribution in [0.4, 0.5) is 0 Å². The minimum atomic E-state index is -3.61. The molecule has 0 radical (unpaired) electrons. The predicted octanol–water partition coefficient (Wildman–Crippen LogP) is 0.903. The van der Waals surface area contributed by atoms with Gasteiger partial charge in [-0.25, -0.2) is 18.1 Å². The third-order valence-electron chi connectivity index (χ3n) is 3.50. The summed E-state index contributed by atoms with van der Waals surface area (Å²) < 4.78 is 28.4. The lowest BCUT2D eigenvalue weighted by Gasteiger charge is -2.27. The fraction of sp³-hybridized carbons (Fsp3) is 0.727. The second kappa shape index (κ2) is 5.78. The summed E-state index contributed by atoms with van der Waals surface area (Å²) in [5.74, 6) is 0.296. The van der Waals surface area contributed by atoms with Crippen molar-refractivity contribution in [3.8, 4) is 0 Å². The summed E-state index contributed by atoms with van der Waals surface area (Å²) >= 11 is 5.75. The van der Waals surface area contributed by atoms with Crippen LogP contribution in [-0.2, 0) is 17.1 Å². The molecule has 1 saturated carbocycles. The average Bonchev–Trinajstić information content (AvgIpc) is 2.71. The first kappa shape index (κ1) is 14.8. The fourth-order valence-corrected chi connectivity index (χ4v) is 3.78. The molecule has 0 spiro atoms. The number of aliphatic hydroxyl groups excluding tert-OH is 1. The number of nitrogens with one attached hydrogen (secondary N) is 1. The van der Waals surface area contributed by atoms with Crippen molar-refractivity contribution in [3.05, 3.63) is 11.5 Å². The van der Waals surface area contributed by atoms with Crippen molar-refractivity contribution < 1.29 is 13.5 Å². The number of sulfonamides is 1. The van der Waals surface area contributed by atoms with Crippen molar-refractivity contribution in [2.75, 3.05) is 6.61 Å². The molecule has 8 heteroatoms. The molecule has 108 valence electrons. The Morgan fingerprint density at radius 2 is 2.11 bits per heavy atom. The standard InChI is InChI=1S/C11H18ClN3O3S/c1-15-6-10(13-11(15)12)19(17,18)14-9-4-2-8(7-16)3-5-9/h6,8-9,14,16H,2-5,7H2,1H3. The van der Waals surface area contributed by atoms with E-state index in [4.69, 9.17) is 16.7 Å². The smallest absolute Gasteiger partial charge is 0.259 e. The van der Waals surface area contributed by atoms with Crippen molar-refractivity contribution >= 4 is 21.6 Å². The van der Waals surface area contributed by atoms with Gasteiger partial charge in [0.05, 0.1) is 0 Å². The molecule has 1 aromatic rings. The Kier molecular flexibility index (Phi) is 4.50. The topological polar surface area (TPSA) is 84.2 Å². The molecule has 1 aliphatic rings. The molecule has 2 rings (SSSR count). The maximum absolute atomic E-state index is 12.1. The minimum absolute atomic E-state index is 0.0516. The van der Waals surface area contributed by atoms with Gasteiger partial charge in [0.2, 0.25) is 5.28 Å². The Morgan fingerprint density at radius 1 is 1.47 bits per heavy atom. The third kappa shape index (κ3) is 3.47. The highest BCUT2D eigenvalue weighted by Crippen LogP contribution is 2.25. The summed E-state index contributed by atoms with van der Waals surface area (Å²) in [5, 5.41) is 9.15. The van der Waals surface area contributed by atoms with Crippen molar-refractivity contribution in [2.24, 2.45) is 13.0 Å². The summed E-state index contributed by atoms with van der Waals surface area (Å²) in [6.45, 7) is 0.176. The molecule has 1 heterocycles. The zero-order chi connectivity index (χ0) is 14.0. The normalized spacial score (nSPS) is 24.6. The van der Waals surface area contributed by atoms with Crippen LogP contribution in [0.1, 0.15) is 25.7 Å². The lowest BCUT2D eigenvalue weighted by atomic mass is 9.87. The first-order valence-corrected chi connectivity index (χ1v) is 8.10. The van der Waals surface area contributed by atoms with Gasteiger partial charge in [0.1, 0.15) is 0 Å². The summed E-state index contributed by atoms with van der Waals surface area (Å²) in [5.41, 5.74) is 0. The molecular formula is C11H18ClN3O3S. The van der Waals surface area contributed by atoms with Gasteiger partial charge in [0, 0.05) is 25.9 Å². The highest BCUT2D eigenvalue weighted by Gasteiger charge is 2.27. The molecule has 0 bridgehead atoms. The second-order valence-electron chi connectivity index (χ2n) is 4.98. The number of aromatic nitrogens is 2. The number of nitrogens with zero attached hydrogens (tertiary/aromatic N) is 2. The monoisotopic (exact) mass is 307 g/mol. The summed E-state index contributed by atoms with van der Waals surface area (Å²) in [4.78, 5) is 3.82. The van der Waals surface area contributed by atoms with Crippen LogP contribution in [0.3, 0.4) is 0 Å². The van der Waals surface area contributed by atoms with E-state index in [0.29, 0.717) is 5.92 Å². The van der Waals surface area contributed by atoms with E-state index in [1.807, 2.05) is 0 Å². The van der Waals surface area contributed by atoms with E-state index in [1.165, 1.54) is 10.8 Å². The highest BCUT2D eigenvalue weighted by molar-refractivity contribution is 7.89. The Hall–Kier alpha value is -0.630. The number of imidazole rings is 1. The molecule has 6 nitrogen and oxygen atoms in total. The van der Waals surface area contributed by atoms with Gasteiger partial charge >= 0.3 is 0 Å². The molecule has 0 aliphatic heterocycles. The van der Waals surface area contributed by atoms with Gasteiger partial charge in [-0.3, -0.25) is 0 Å². The molecule has 1 aromatic heterocycles. The van der Waals surface area contributed by atoms with Crippen molar-refractivity contribution in [1.82, 2.24) is 14.3 Å². The van der Waals surface area contributed by atoms with E-state index in [2.05, 4.69) is 9.71 Å². The number of hydrogen-bond donors (Lipinski definition) is 2. The first-order chi connectivity index (χ1) is 8.92. The van der Waals surface area contributed by atoms with Crippen LogP contribution in [-0.4, -0.2) is 35.7 Å². The molecule has 1 aliphatic carbocycles. The van der Waals surface area contributed by atoms with E-state index in [0.717, 1.165) is 25.7 Å². The molecule has 0 unspecified atom stereocenters. The summed E-state index contributed by atoms with van der Waals surface area (Å²) in [6, 6.07) is -0.0893. The fourth-order valence-electron chi connectivity index (χ4n) is 2.29. The Labute approximate surface area is 117 Å². The Balaban J connectivity index is 2.02. The van der Waals surface area contributed by atoms with Gasteiger partial charge in [-0.1, -0.05) is 0 Å². The zero-order valence-electron chi connectivity index (χ0n) is 10.7. The lowest BCUT2D eigenvalue weighted by Crippen LogP contribution is -2.38. The minimum Gasteiger partial charge on any atom is -0.396 e. The number of aliphatic hydroxyl groups is 1. The second-order valence-corrected chi connectivity index (χ2v) is 6.98. The van der Waals surface area contributed by atoms with Crippen molar-refractivity contribution in [3.63, 3.8) is 0 Å². The molecule has 1 fully saturated rings. The molecule has 0 saturated heterocycles. The maximum Gasteiger partial charge on any atom is 0.259 e. The summed E-state index contributed by atoms with van der Waals surface area (Å²) in [7, 11) is -1.97. The van der Waals surface area contributed by atoms with E-state index in [1.54, 1.807) is 7.05 Å². The van der Waals surface area contributed by atoms with Crippen LogP contribution in [0.25, 0.3) is 0 Å². The molecule has 2 N–H and O–H groups in total. The SMILES string of the molecule is Cn1cc(S(=O)(=O)NC2CCC(CO)CC2)nc1Cl. The third-order valence-corrected chi connectivity index (χ3v) is 5.24.